The van der Waals surface area contributed by atoms with Crippen molar-refractivity contribution in [3.63, 3.8) is 0 Å². The highest BCUT2D eigenvalue weighted by molar-refractivity contribution is 5.83. The van der Waals surface area contributed by atoms with Gasteiger partial charge in [-0.15, -0.1) is 6.58 Å². The average molecular weight is 470 g/mol. The highest BCUT2D eigenvalue weighted by Gasteiger charge is 2.54. The number of phenols is 1. The fraction of sp³-hybridized carbons (Fsp3) is 0.370. The molecular weight excluding hydrogens is 441 g/mol. The lowest BCUT2D eigenvalue weighted by Gasteiger charge is -2.58. The predicted octanol–water partition coefficient (Wildman–Crippen LogP) is 5.60. The van der Waals surface area contributed by atoms with Crippen molar-refractivity contribution in [2.45, 2.75) is 37.7 Å². The standard InChI is InChI=1S/C27H27F3N2O2/c1-2-18-16-32(15-17-3-5-20(6-4-17)27(28,29)30)12-10-19(18)13-25(32)26(34)22-9-11-31-24-8-7-21(33)14-23(22)24/h2-9,11,14,18-19,25-26,34H,1,10,12-13,15-16H2/p+1/t18-,19?,25?,26-,32?/m0/s1. The molecule has 3 fully saturated rings. The first kappa shape index (κ1) is 22.9. The summed E-state index contributed by atoms with van der Waals surface area (Å²) in [5.74, 6) is 0.843. The van der Waals surface area contributed by atoms with Gasteiger partial charge in [0, 0.05) is 35.9 Å². The van der Waals surface area contributed by atoms with Crippen LogP contribution in [0.25, 0.3) is 10.9 Å². The number of phenolic OH excluding ortho intramolecular Hbond substituents is 1. The van der Waals surface area contributed by atoms with Crippen LogP contribution in [0.3, 0.4) is 0 Å². The van der Waals surface area contributed by atoms with Gasteiger partial charge in [-0.25, -0.2) is 0 Å². The highest BCUT2D eigenvalue weighted by atomic mass is 19.4. The summed E-state index contributed by atoms with van der Waals surface area (Å²) in [6.45, 7) is 6.22. The molecule has 2 N–H and O–H groups in total. The number of benzene rings is 2. The summed E-state index contributed by atoms with van der Waals surface area (Å²) >= 11 is 0. The number of halogens is 3. The Morgan fingerprint density at radius 1 is 1.15 bits per heavy atom. The van der Waals surface area contributed by atoms with Crippen molar-refractivity contribution in [1.82, 2.24) is 4.98 Å². The summed E-state index contributed by atoms with van der Waals surface area (Å²) in [4.78, 5) is 4.36. The molecule has 7 heteroatoms. The van der Waals surface area contributed by atoms with Gasteiger partial charge in [-0.1, -0.05) is 18.2 Å². The third-order valence-corrected chi connectivity index (χ3v) is 7.90. The van der Waals surface area contributed by atoms with Crippen LogP contribution >= 0.6 is 0 Å². The Bertz CT molecular complexity index is 1210. The van der Waals surface area contributed by atoms with Crippen LogP contribution in [-0.4, -0.2) is 38.8 Å². The van der Waals surface area contributed by atoms with Gasteiger partial charge in [-0.3, -0.25) is 4.98 Å². The number of rotatable bonds is 5. The van der Waals surface area contributed by atoms with Crippen LogP contribution in [-0.2, 0) is 12.7 Å². The van der Waals surface area contributed by atoms with E-state index in [9.17, 15) is 23.4 Å². The minimum Gasteiger partial charge on any atom is -0.508 e. The summed E-state index contributed by atoms with van der Waals surface area (Å²) in [6.07, 6.45) is 0.303. The van der Waals surface area contributed by atoms with Gasteiger partial charge in [0.1, 0.15) is 24.4 Å². The zero-order valence-electron chi connectivity index (χ0n) is 18.7. The first-order valence-electron chi connectivity index (χ1n) is 11.6. The lowest BCUT2D eigenvalue weighted by molar-refractivity contribution is -0.984. The highest BCUT2D eigenvalue weighted by Crippen LogP contribution is 2.48. The van der Waals surface area contributed by atoms with Gasteiger partial charge < -0.3 is 14.7 Å². The minimum atomic E-state index is -4.37. The molecule has 3 aliphatic heterocycles. The molecule has 3 aliphatic rings. The Morgan fingerprint density at radius 2 is 1.91 bits per heavy atom. The molecule has 0 aliphatic carbocycles. The number of aromatic nitrogens is 1. The molecule has 4 nitrogen and oxygen atoms in total. The molecule has 34 heavy (non-hydrogen) atoms. The maximum Gasteiger partial charge on any atom is 0.416 e. The molecule has 0 radical (unpaired) electrons. The maximum atomic E-state index is 13.1. The third kappa shape index (κ3) is 3.97. The van der Waals surface area contributed by atoms with Crippen LogP contribution in [0.4, 0.5) is 13.2 Å². The summed E-state index contributed by atoms with van der Waals surface area (Å²) in [6, 6.07) is 12.0. The average Bonchev–Trinajstić information content (AvgIpc) is 2.83. The van der Waals surface area contributed by atoms with Gasteiger partial charge in [0.25, 0.3) is 0 Å². The number of aromatic hydroxyl groups is 1. The van der Waals surface area contributed by atoms with E-state index >= 15 is 0 Å². The summed E-state index contributed by atoms with van der Waals surface area (Å²) in [5, 5.41) is 22.5. The quantitative estimate of drug-likeness (QED) is 0.378. The molecule has 2 aromatic carbocycles. The Kier molecular flexibility index (Phi) is 5.65. The number of quaternary nitrogens is 1. The number of alkyl halides is 3. The van der Waals surface area contributed by atoms with E-state index in [0.29, 0.717) is 33.8 Å². The van der Waals surface area contributed by atoms with Crippen LogP contribution in [0, 0.1) is 11.8 Å². The van der Waals surface area contributed by atoms with Crippen LogP contribution in [0.2, 0.25) is 0 Å². The molecule has 2 bridgehead atoms. The zero-order valence-corrected chi connectivity index (χ0v) is 18.7. The number of aliphatic hydroxyl groups excluding tert-OH is 1. The fourth-order valence-electron chi connectivity index (χ4n) is 6.16. The number of hydrogen-bond acceptors (Lipinski definition) is 3. The van der Waals surface area contributed by atoms with Crippen LogP contribution in [0.1, 0.15) is 35.6 Å². The SMILES string of the molecule is C=C[C@H]1C[N+]2(Cc3ccc(C(F)(F)F)cc3)CCC1CC2[C@@H](O)c1ccnc2ccc(O)cc12. The molecule has 1 aromatic heterocycles. The molecule has 0 spiro atoms. The van der Waals surface area contributed by atoms with Gasteiger partial charge in [0.15, 0.2) is 0 Å². The van der Waals surface area contributed by atoms with E-state index in [-0.39, 0.29) is 11.8 Å². The van der Waals surface area contributed by atoms with Crippen molar-refractivity contribution in [3.05, 3.63) is 84.1 Å². The topological polar surface area (TPSA) is 53.4 Å². The molecular formula is C27H28F3N2O2+. The number of hydrogen-bond donors (Lipinski definition) is 2. The van der Waals surface area contributed by atoms with E-state index in [1.165, 1.54) is 0 Å². The van der Waals surface area contributed by atoms with Gasteiger partial charge in [0.05, 0.1) is 24.2 Å². The Labute approximate surface area is 196 Å². The molecule has 3 unspecified atom stereocenters. The summed E-state index contributed by atoms with van der Waals surface area (Å²) < 4.78 is 39.8. The number of nitrogens with zero attached hydrogens (tertiary/aromatic N) is 2. The van der Waals surface area contributed by atoms with Crippen molar-refractivity contribution >= 4 is 10.9 Å². The predicted molar refractivity (Wildman–Crippen MR) is 124 cm³/mol. The van der Waals surface area contributed by atoms with E-state index in [1.807, 2.05) is 6.08 Å². The van der Waals surface area contributed by atoms with Gasteiger partial charge >= 0.3 is 6.18 Å². The minimum absolute atomic E-state index is 0.111. The maximum absolute atomic E-state index is 13.1. The number of fused-ring (bicyclic) bond motifs is 4. The molecule has 3 aromatic rings. The van der Waals surface area contributed by atoms with Crippen LogP contribution in [0.5, 0.6) is 5.75 Å². The number of piperidine rings is 3. The number of aliphatic hydroxyl groups is 1. The zero-order chi connectivity index (χ0) is 24.1. The van der Waals surface area contributed by atoms with Crippen molar-refractivity contribution in [2.75, 3.05) is 13.1 Å². The molecule has 4 heterocycles. The van der Waals surface area contributed by atoms with E-state index in [4.69, 9.17) is 0 Å². The Hall–Kier alpha value is -2.90. The lowest BCUT2D eigenvalue weighted by atomic mass is 9.71. The molecule has 6 rings (SSSR count). The van der Waals surface area contributed by atoms with Crippen molar-refractivity contribution in [1.29, 1.82) is 0 Å². The van der Waals surface area contributed by atoms with E-state index in [1.54, 1.807) is 42.6 Å². The fourth-order valence-corrected chi connectivity index (χ4v) is 6.16. The van der Waals surface area contributed by atoms with Gasteiger partial charge in [0.2, 0.25) is 0 Å². The van der Waals surface area contributed by atoms with Crippen molar-refractivity contribution in [3.8, 4) is 5.75 Å². The molecule has 178 valence electrons. The van der Waals surface area contributed by atoms with Gasteiger partial charge in [-0.2, -0.15) is 13.2 Å². The summed E-state index contributed by atoms with van der Waals surface area (Å²) in [7, 11) is 0. The molecule has 0 saturated carbocycles. The van der Waals surface area contributed by atoms with Crippen molar-refractivity contribution < 1.29 is 27.9 Å². The van der Waals surface area contributed by atoms with Gasteiger partial charge in [-0.05, 0) is 47.9 Å². The van der Waals surface area contributed by atoms with E-state index in [0.717, 1.165) is 49.2 Å². The first-order valence-corrected chi connectivity index (χ1v) is 11.6. The second-order valence-corrected chi connectivity index (χ2v) is 9.78. The third-order valence-electron chi connectivity index (χ3n) is 7.90. The largest absolute Gasteiger partial charge is 0.508 e. The monoisotopic (exact) mass is 469 g/mol. The second-order valence-electron chi connectivity index (χ2n) is 9.78. The first-order chi connectivity index (χ1) is 16.2. The van der Waals surface area contributed by atoms with E-state index in [2.05, 4.69) is 11.6 Å². The second kappa shape index (κ2) is 8.40. The number of pyridine rings is 1. The van der Waals surface area contributed by atoms with E-state index < -0.39 is 17.8 Å². The Morgan fingerprint density at radius 3 is 2.62 bits per heavy atom. The summed E-state index contributed by atoms with van der Waals surface area (Å²) in [5.41, 5.74) is 1.59. The van der Waals surface area contributed by atoms with Crippen molar-refractivity contribution in [2.24, 2.45) is 11.8 Å². The molecule has 0 amide bonds. The molecule has 5 atom stereocenters. The van der Waals surface area contributed by atoms with Crippen LogP contribution in [0.15, 0.2) is 67.4 Å². The lowest BCUT2D eigenvalue weighted by Crippen LogP contribution is -2.67. The smallest absolute Gasteiger partial charge is 0.416 e. The Balaban J connectivity index is 1.52. The normalized spacial score (nSPS) is 27.6. The van der Waals surface area contributed by atoms with Crippen LogP contribution < -0.4 is 0 Å². The molecule has 3 saturated heterocycles.